The van der Waals surface area contributed by atoms with E-state index >= 15 is 0 Å². The van der Waals surface area contributed by atoms with Crippen molar-refractivity contribution in [3.63, 3.8) is 0 Å². The van der Waals surface area contributed by atoms with Crippen LogP contribution in [0, 0.1) is 5.92 Å². The highest BCUT2D eigenvalue weighted by molar-refractivity contribution is 7.10. The lowest BCUT2D eigenvalue weighted by Crippen LogP contribution is -2.45. The van der Waals surface area contributed by atoms with Gasteiger partial charge in [0.1, 0.15) is 0 Å². The van der Waals surface area contributed by atoms with Crippen molar-refractivity contribution in [2.75, 3.05) is 13.1 Å². The second-order valence-electron chi connectivity index (χ2n) is 6.58. The normalized spacial score (nSPS) is 30.4. The van der Waals surface area contributed by atoms with Crippen LogP contribution >= 0.6 is 11.3 Å². The van der Waals surface area contributed by atoms with Crippen molar-refractivity contribution in [1.82, 2.24) is 10.2 Å². The zero-order valence-electron chi connectivity index (χ0n) is 12.9. The van der Waals surface area contributed by atoms with Crippen molar-refractivity contribution in [2.24, 2.45) is 5.92 Å². The molecule has 1 N–H and O–H groups in total. The lowest BCUT2D eigenvalue weighted by molar-refractivity contribution is -0.123. The van der Waals surface area contributed by atoms with E-state index < -0.39 is 0 Å². The fourth-order valence-electron chi connectivity index (χ4n) is 3.79. The van der Waals surface area contributed by atoms with Gasteiger partial charge in [0.05, 0.1) is 6.54 Å². The van der Waals surface area contributed by atoms with Gasteiger partial charge in [-0.1, -0.05) is 25.8 Å². The van der Waals surface area contributed by atoms with Gasteiger partial charge in [0.15, 0.2) is 0 Å². The highest BCUT2D eigenvalue weighted by Gasteiger charge is 2.29. The van der Waals surface area contributed by atoms with E-state index in [0.29, 0.717) is 24.5 Å². The Hall–Kier alpha value is -0.870. The molecule has 4 heteroatoms. The lowest BCUT2D eigenvalue weighted by Gasteiger charge is -2.31. The minimum Gasteiger partial charge on any atom is -0.352 e. The zero-order valence-corrected chi connectivity index (χ0v) is 13.7. The second-order valence-corrected chi connectivity index (χ2v) is 7.56. The molecule has 1 saturated heterocycles. The Morgan fingerprint density at radius 3 is 2.95 bits per heavy atom. The first-order valence-corrected chi connectivity index (χ1v) is 9.19. The fourth-order valence-corrected chi connectivity index (χ4v) is 4.68. The van der Waals surface area contributed by atoms with Crippen molar-refractivity contribution >= 4 is 17.2 Å². The summed E-state index contributed by atoms with van der Waals surface area (Å²) in [4.78, 5) is 16.1. The van der Waals surface area contributed by atoms with Gasteiger partial charge in [0.2, 0.25) is 5.91 Å². The average molecular weight is 306 g/mol. The van der Waals surface area contributed by atoms with Crippen LogP contribution in [0.2, 0.25) is 0 Å². The summed E-state index contributed by atoms with van der Waals surface area (Å²) in [5, 5.41) is 5.42. The predicted octanol–water partition coefficient (Wildman–Crippen LogP) is 3.58. The molecular formula is C17H26N2OS. The molecule has 0 spiro atoms. The van der Waals surface area contributed by atoms with Gasteiger partial charge in [-0.25, -0.2) is 0 Å². The number of amides is 1. The molecule has 1 aliphatic heterocycles. The molecule has 3 atom stereocenters. The van der Waals surface area contributed by atoms with E-state index in [-0.39, 0.29) is 5.91 Å². The van der Waals surface area contributed by atoms with Crippen molar-refractivity contribution in [3.05, 3.63) is 22.4 Å². The first kappa shape index (κ1) is 15.0. The Morgan fingerprint density at radius 1 is 1.33 bits per heavy atom. The highest BCUT2D eigenvalue weighted by Crippen LogP contribution is 2.34. The zero-order chi connectivity index (χ0) is 14.7. The van der Waals surface area contributed by atoms with Gasteiger partial charge in [-0.2, -0.15) is 0 Å². The van der Waals surface area contributed by atoms with Gasteiger partial charge in [0.25, 0.3) is 0 Å². The van der Waals surface area contributed by atoms with Crippen LogP contribution in [0.5, 0.6) is 0 Å². The Morgan fingerprint density at radius 2 is 2.19 bits per heavy atom. The molecule has 21 heavy (non-hydrogen) atoms. The lowest BCUT2D eigenvalue weighted by atomic mass is 9.86. The maximum Gasteiger partial charge on any atom is 0.234 e. The first-order valence-electron chi connectivity index (χ1n) is 8.31. The third-order valence-corrected chi connectivity index (χ3v) is 6.01. The van der Waals surface area contributed by atoms with E-state index in [4.69, 9.17) is 0 Å². The Kier molecular flexibility index (Phi) is 4.96. The molecule has 2 heterocycles. The standard InChI is InChI=1S/C17H26N2OS/c1-13-6-2-3-7-14(13)18-17(20)12-19-10-4-8-15(19)16-9-5-11-21-16/h5,9,11,13-15H,2-4,6-8,10,12H2,1H3,(H,18,20)/t13-,14+,15+/m0/s1. The molecule has 1 aromatic rings. The molecule has 1 aromatic heterocycles. The summed E-state index contributed by atoms with van der Waals surface area (Å²) in [6.45, 7) is 3.89. The third kappa shape index (κ3) is 3.67. The van der Waals surface area contributed by atoms with E-state index in [0.717, 1.165) is 13.0 Å². The van der Waals surface area contributed by atoms with Crippen LogP contribution in [-0.2, 0) is 4.79 Å². The molecule has 0 unspecified atom stereocenters. The molecule has 116 valence electrons. The quantitative estimate of drug-likeness (QED) is 0.922. The maximum atomic E-state index is 12.4. The average Bonchev–Trinajstić information content (AvgIpc) is 3.11. The van der Waals surface area contributed by atoms with Gasteiger partial charge in [0, 0.05) is 17.0 Å². The first-order chi connectivity index (χ1) is 10.2. The number of nitrogens with zero attached hydrogens (tertiary/aromatic N) is 1. The van der Waals surface area contributed by atoms with Crippen molar-refractivity contribution < 1.29 is 4.79 Å². The van der Waals surface area contributed by atoms with E-state index in [1.165, 1.54) is 37.0 Å². The SMILES string of the molecule is C[C@H]1CCCC[C@H]1NC(=O)CN1CCC[C@@H]1c1cccs1. The summed E-state index contributed by atoms with van der Waals surface area (Å²) < 4.78 is 0. The maximum absolute atomic E-state index is 12.4. The molecule has 2 aliphatic rings. The molecule has 3 rings (SSSR count). The van der Waals surface area contributed by atoms with Gasteiger partial charge >= 0.3 is 0 Å². The molecular weight excluding hydrogens is 280 g/mol. The summed E-state index contributed by atoms with van der Waals surface area (Å²) in [7, 11) is 0. The van der Waals surface area contributed by atoms with E-state index in [9.17, 15) is 4.79 Å². The monoisotopic (exact) mass is 306 g/mol. The van der Waals surface area contributed by atoms with Crippen LogP contribution in [0.25, 0.3) is 0 Å². The summed E-state index contributed by atoms with van der Waals surface area (Å²) in [6, 6.07) is 5.17. The number of rotatable bonds is 4. The minimum absolute atomic E-state index is 0.220. The van der Waals surface area contributed by atoms with Crippen molar-refractivity contribution in [1.29, 1.82) is 0 Å². The van der Waals surface area contributed by atoms with Crippen LogP contribution in [0.3, 0.4) is 0 Å². The van der Waals surface area contributed by atoms with Gasteiger partial charge in [-0.15, -0.1) is 11.3 Å². The third-order valence-electron chi connectivity index (χ3n) is 5.04. The number of thiophene rings is 1. The van der Waals surface area contributed by atoms with Gasteiger partial charge in [-0.3, -0.25) is 9.69 Å². The number of carbonyl (C=O) groups is 1. The Labute approximate surface area is 131 Å². The molecule has 3 nitrogen and oxygen atoms in total. The molecule has 2 fully saturated rings. The van der Waals surface area contributed by atoms with Crippen LogP contribution in [0.1, 0.15) is 56.4 Å². The molecule has 0 aromatic carbocycles. The smallest absolute Gasteiger partial charge is 0.234 e. The number of nitrogens with one attached hydrogen (secondary N) is 1. The molecule has 0 bridgehead atoms. The summed E-state index contributed by atoms with van der Waals surface area (Å²) >= 11 is 1.81. The van der Waals surface area contributed by atoms with Gasteiger partial charge < -0.3 is 5.32 Å². The van der Waals surface area contributed by atoms with Crippen LogP contribution in [0.15, 0.2) is 17.5 Å². The van der Waals surface area contributed by atoms with E-state index in [1.54, 1.807) is 0 Å². The molecule has 1 saturated carbocycles. The Bertz CT molecular complexity index is 459. The van der Waals surface area contributed by atoms with Crippen molar-refractivity contribution in [3.8, 4) is 0 Å². The second kappa shape index (κ2) is 6.93. The van der Waals surface area contributed by atoms with Crippen LogP contribution < -0.4 is 5.32 Å². The number of likely N-dealkylation sites (tertiary alicyclic amines) is 1. The largest absolute Gasteiger partial charge is 0.352 e. The van der Waals surface area contributed by atoms with E-state index in [1.807, 2.05) is 11.3 Å². The Balaban J connectivity index is 1.54. The molecule has 0 radical (unpaired) electrons. The van der Waals surface area contributed by atoms with Crippen LogP contribution in [0.4, 0.5) is 0 Å². The fraction of sp³-hybridized carbons (Fsp3) is 0.706. The summed E-state index contributed by atoms with van der Waals surface area (Å²) in [5.74, 6) is 0.853. The summed E-state index contributed by atoms with van der Waals surface area (Å²) in [5.41, 5.74) is 0. The van der Waals surface area contributed by atoms with Crippen molar-refractivity contribution in [2.45, 2.75) is 57.5 Å². The predicted molar refractivity (Wildman–Crippen MR) is 87.4 cm³/mol. The number of carbonyl (C=O) groups excluding carboxylic acids is 1. The number of hydrogen-bond donors (Lipinski definition) is 1. The van der Waals surface area contributed by atoms with Crippen LogP contribution in [-0.4, -0.2) is 29.9 Å². The summed E-state index contributed by atoms with van der Waals surface area (Å²) in [6.07, 6.45) is 7.38. The topological polar surface area (TPSA) is 32.3 Å². The number of hydrogen-bond acceptors (Lipinski definition) is 3. The highest BCUT2D eigenvalue weighted by atomic mass is 32.1. The van der Waals surface area contributed by atoms with E-state index in [2.05, 4.69) is 34.7 Å². The molecule has 1 amide bonds. The minimum atomic E-state index is 0.220. The van der Waals surface area contributed by atoms with Gasteiger partial charge in [-0.05, 0) is 49.6 Å². The molecule has 1 aliphatic carbocycles.